The van der Waals surface area contributed by atoms with E-state index in [1.165, 1.54) is 0 Å². The second-order valence-electron chi connectivity index (χ2n) is 11.6. The maximum atomic E-state index is 13.5. The number of nitrogens with one attached hydrogen (secondary N) is 3. The minimum Gasteiger partial charge on any atom is -0.354 e. The molecule has 0 saturated carbocycles. The van der Waals surface area contributed by atoms with Crippen molar-refractivity contribution in [2.75, 3.05) is 26.2 Å². The van der Waals surface area contributed by atoms with Gasteiger partial charge in [0.1, 0.15) is 12.1 Å². The number of hydrogen-bond acceptors (Lipinski definition) is 4. The number of halogens is 1. The van der Waals surface area contributed by atoms with Crippen LogP contribution in [0.4, 0.5) is 0 Å². The van der Waals surface area contributed by atoms with E-state index in [9.17, 15) is 14.4 Å². The van der Waals surface area contributed by atoms with Crippen LogP contribution in [0, 0.1) is 11.8 Å². The zero-order chi connectivity index (χ0) is 28.9. The zero-order valence-electron chi connectivity index (χ0n) is 25.4. The molecule has 1 heterocycles. The lowest BCUT2D eigenvalue weighted by Crippen LogP contribution is -2.54. The first-order chi connectivity index (χ1) is 19.3. The Hall–Kier alpha value is -2.64. The van der Waals surface area contributed by atoms with Gasteiger partial charge in [-0.15, -0.1) is 12.4 Å². The summed E-state index contributed by atoms with van der Waals surface area (Å²) in [5.74, 6) is 0.235. The molecular formula is C33H51ClN4O3. The van der Waals surface area contributed by atoms with Gasteiger partial charge in [-0.05, 0) is 73.9 Å². The number of amides is 3. The molecule has 8 heteroatoms. The number of nitrogens with zero attached hydrogens (tertiary/aromatic N) is 1. The molecule has 0 spiro atoms. The van der Waals surface area contributed by atoms with Gasteiger partial charge in [0.2, 0.25) is 17.7 Å². The van der Waals surface area contributed by atoms with Crippen molar-refractivity contribution in [2.45, 2.75) is 91.1 Å². The fourth-order valence-corrected chi connectivity index (χ4v) is 5.53. The van der Waals surface area contributed by atoms with Crippen LogP contribution >= 0.6 is 12.4 Å². The quantitative estimate of drug-likeness (QED) is 0.234. The Kier molecular flexibility index (Phi) is 15.2. The predicted octanol–water partition coefficient (Wildman–Crippen LogP) is 5.25. The average Bonchev–Trinajstić information content (AvgIpc) is 3.44. The van der Waals surface area contributed by atoms with Crippen molar-refractivity contribution in [1.29, 1.82) is 0 Å². The molecule has 1 aliphatic heterocycles. The summed E-state index contributed by atoms with van der Waals surface area (Å²) >= 11 is 0. The van der Waals surface area contributed by atoms with Crippen LogP contribution in [-0.2, 0) is 20.8 Å². The molecule has 0 radical (unpaired) electrons. The summed E-state index contributed by atoms with van der Waals surface area (Å²) in [7, 11) is 0. The van der Waals surface area contributed by atoms with Crippen molar-refractivity contribution in [3.8, 4) is 0 Å². The first-order valence-corrected chi connectivity index (χ1v) is 15.4. The lowest BCUT2D eigenvalue weighted by atomic mass is 10.00. The van der Waals surface area contributed by atoms with Gasteiger partial charge < -0.3 is 20.9 Å². The maximum absolute atomic E-state index is 13.5. The van der Waals surface area contributed by atoms with Crippen molar-refractivity contribution in [2.24, 2.45) is 11.8 Å². The first kappa shape index (κ1) is 34.6. The first-order valence-electron chi connectivity index (χ1n) is 15.4. The molecule has 3 amide bonds. The number of fused-ring (bicyclic) bond motifs is 1. The highest BCUT2D eigenvalue weighted by molar-refractivity contribution is 5.93. The van der Waals surface area contributed by atoms with Gasteiger partial charge in [0, 0.05) is 25.4 Å². The summed E-state index contributed by atoms with van der Waals surface area (Å²) in [6, 6.07) is 13.1. The summed E-state index contributed by atoms with van der Waals surface area (Å²) in [6.45, 7) is 11.6. The molecule has 41 heavy (non-hydrogen) atoms. The number of carbonyl (C=O) groups excluding carboxylic acids is 3. The van der Waals surface area contributed by atoms with Crippen LogP contribution in [0.2, 0.25) is 0 Å². The summed E-state index contributed by atoms with van der Waals surface area (Å²) in [5.41, 5.74) is 0.992. The van der Waals surface area contributed by atoms with E-state index in [0.29, 0.717) is 31.8 Å². The molecule has 2 aromatic rings. The highest BCUT2D eigenvalue weighted by atomic mass is 35.5. The van der Waals surface area contributed by atoms with E-state index < -0.39 is 12.1 Å². The predicted molar refractivity (Wildman–Crippen MR) is 170 cm³/mol. The number of carbonyl (C=O) groups is 3. The van der Waals surface area contributed by atoms with Gasteiger partial charge in [-0.3, -0.25) is 14.4 Å². The Morgan fingerprint density at radius 2 is 1.66 bits per heavy atom. The third-order valence-electron chi connectivity index (χ3n) is 7.94. The minimum atomic E-state index is -0.702. The molecule has 2 atom stereocenters. The standard InChI is InChI=1S/C33H50N4O3.ClH/c1-5-26(6-2)33(40)37-20-12-15-30(37)32(39)36-29(22-25-16-17-27-13-8-9-14-28(27)21-25)31(38)35-19-11-7-10-18-34-23-24(3)4;/h8-9,13-14,16-17,21,24,26,29-30,34H,5-7,10-12,15,18-20,22-23H2,1-4H3,(H,35,38)(H,36,39);1H/t29-,30?;/m1./s1. The van der Waals surface area contributed by atoms with Crippen LogP contribution < -0.4 is 16.0 Å². The van der Waals surface area contributed by atoms with Gasteiger partial charge in [0.05, 0.1) is 0 Å². The van der Waals surface area contributed by atoms with Crippen molar-refractivity contribution >= 4 is 40.9 Å². The molecule has 7 nitrogen and oxygen atoms in total. The largest absolute Gasteiger partial charge is 0.354 e. The molecule has 1 fully saturated rings. The third-order valence-corrected chi connectivity index (χ3v) is 7.94. The van der Waals surface area contributed by atoms with Crippen molar-refractivity contribution in [1.82, 2.24) is 20.9 Å². The minimum absolute atomic E-state index is 0. The third kappa shape index (κ3) is 10.6. The number of likely N-dealkylation sites (tertiary alicyclic amines) is 1. The number of unbranched alkanes of at least 4 members (excludes halogenated alkanes) is 2. The molecule has 0 aliphatic carbocycles. The number of hydrogen-bond donors (Lipinski definition) is 3. The molecule has 1 aliphatic rings. The number of rotatable bonds is 16. The summed E-state index contributed by atoms with van der Waals surface area (Å²) < 4.78 is 0. The molecule has 228 valence electrons. The van der Waals surface area contributed by atoms with E-state index in [1.807, 2.05) is 32.0 Å². The van der Waals surface area contributed by atoms with Crippen LogP contribution in [0.25, 0.3) is 10.8 Å². The van der Waals surface area contributed by atoms with E-state index in [-0.39, 0.29) is 36.0 Å². The normalized spacial score (nSPS) is 15.7. The Bertz CT molecular complexity index is 1100. The lowest BCUT2D eigenvalue weighted by Gasteiger charge is -2.29. The highest BCUT2D eigenvalue weighted by Crippen LogP contribution is 2.23. The fraction of sp³-hybridized carbons (Fsp3) is 0.606. The Morgan fingerprint density at radius 3 is 2.37 bits per heavy atom. The summed E-state index contributed by atoms with van der Waals surface area (Å²) in [6.07, 6.45) is 6.36. The number of benzene rings is 2. The Morgan fingerprint density at radius 1 is 0.951 bits per heavy atom. The molecular weight excluding hydrogens is 536 g/mol. The topological polar surface area (TPSA) is 90.5 Å². The zero-order valence-corrected chi connectivity index (χ0v) is 26.2. The fourth-order valence-electron chi connectivity index (χ4n) is 5.53. The molecule has 0 aromatic heterocycles. The van der Waals surface area contributed by atoms with Gasteiger partial charge in [0.25, 0.3) is 0 Å². The molecule has 2 aromatic carbocycles. The van der Waals surface area contributed by atoms with Crippen LogP contribution in [0.1, 0.15) is 78.2 Å². The Balaban J connectivity index is 0.00000588. The van der Waals surface area contributed by atoms with Crippen LogP contribution in [0.5, 0.6) is 0 Å². The molecule has 3 rings (SSSR count). The summed E-state index contributed by atoms with van der Waals surface area (Å²) in [5, 5.41) is 11.8. The molecule has 1 saturated heterocycles. The monoisotopic (exact) mass is 586 g/mol. The average molecular weight is 587 g/mol. The van der Waals surface area contributed by atoms with Crippen LogP contribution in [-0.4, -0.2) is 60.9 Å². The van der Waals surface area contributed by atoms with Crippen LogP contribution in [0.3, 0.4) is 0 Å². The van der Waals surface area contributed by atoms with E-state index in [4.69, 9.17) is 0 Å². The highest BCUT2D eigenvalue weighted by Gasteiger charge is 2.37. The van der Waals surface area contributed by atoms with E-state index >= 15 is 0 Å². The van der Waals surface area contributed by atoms with Crippen molar-refractivity contribution in [3.63, 3.8) is 0 Å². The lowest BCUT2D eigenvalue weighted by molar-refractivity contribution is -0.142. The van der Waals surface area contributed by atoms with Gasteiger partial charge >= 0.3 is 0 Å². The van der Waals surface area contributed by atoms with Gasteiger partial charge in [0.15, 0.2) is 0 Å². The van der Waals surface area contributed by atoms with Crippen molar-refractivity contribution < 1.29 is 14.4 Å². The van der Waals surface area contributed by atoms with Gasteiger partial charge in [-0.25, -0.2) is 0 Å². The SMILES string of the molecule is CCC(CC)C(=O)N1CCCC1C(=O)N[C@H](Cc1ccc2ccccc2c1)C(=O)NCCCCCNCC(C)C.Cl. The van der Waals surface area contributed by atoms with E-state index in [2.05, 4.69) is 54.1 Å². The second kappa shape index (κ2) is 18.0. The van der Waals surface area contributed by atoms with E-state index in [0.717, 1.165) is 68.0 Å². The van der Waals surface area contributed by atoms with E-state index in [1.54, 1.807) is 4.90 Å². The van der Waals surface area contributed by atoms with Crippen LogP contribution in [0.15, 0.2) is 42.5 Å². The molecule has 1 unspecified atom stereocenters. The summed E-state index contributed by atoms with van der Waals surface area (Å²) in [4.78, 5) is 41.7. The van der Waals surface area contributed by atoms with Crippen molar-refractivity contribution in [3.05, 3.63) is 48.0 Å². The second-order valence-corrected chi connectivity index (χ2v) is 11.6. The van der Waals surface area contributed by atoms with Gasteiger partial charge in [-0.2, -0.15) is 0 Å². The van der Waals surface area contributed by atoms with Gasteiger partial charge in [-0.1, -0.05) is 76.6 Å². The molecule has 3 N–H and O–H groups in total. The Labute approximate surface area is 253 Å². The maximum Gasteiger partial charge on any atom is 0.243 e. The smallest absolute Gasteiger partial charge is 0.243 e. The molecule has 0 bridgehead atoms.